The van der Waals surface area contributed by atoms with Crippen LogP contribution in [0.4, 0.5) is 0 Å². The number of amides is 1. The zero-order chi connectivity index (χ0) is 20.5. The van der Waals surface area contributed by atoms with E-state index in [4.69, 9.17) is 4.74 Å². The topological polar surface area (TPSA) is 77.5 Å². The fourth-order valence-electron chi connectivity index (χ4n) is 3.98. The van der Waals surface area contributed by atoms with Crippen molar-refractivity contribution in [1.82, 2.24) is 29.5 Å². The largest absolute Gasteiger partial charge is 0.486 e. The number of hydrogen-bond acceptors (Lipinski definition) is 5. The van der Waals surface area contributed by atoms with Gasteiger partial charge >= 0.3 is 0 Å². The van der Waals surface area contributed by atoms with Gasteiger partial charge in [-0.05, 0) is 50.1 Å². The highest BCUT2D eigenvalue weighted by Crippen LogP contribution is 2.27. The van der Waals surface area contributed by atoms with E-state index in [-0.39, 0.29) is 18.1 Å². The number of aromatic nitrogens is 5. The number of hydrogen-bond donors (Lipinski definition) is 0. The van der Waals surface area contributed by atoms with Crippen LogP contribution in [0.5, 0.6) is 5.75 Å². The summed E-state index contributed by atoms with van der Waals surface area (Å²) in [5.41, 5.74) is 2.18. The minimum atomic E-state index is -0.0822. The van der Waals surface area contributed by atoms with Crippen LogP contribution < -0.4 is 4.74 Å². The molecule has 3 aromatic heterocycles. The van der Waals surface area contributed by atoms with Crippen LogP contribution in [-0.4, -0.2) is 54.1 Å². The molecule has 0 aliphatic carbocycles. The number of pyridine rings is 1. The molecule has 0 unspecified atom stereocenters. The lowest BCUT2D eigenvalue weighted by Gasteiger charge is -2.38. The second-order valence-corrected chi connectivity index (χ2v) is 7.49. The number of carbonyl (C=O) groups is 1. The lowest BCUT2D eigenvalue weighted by Crippen LogP contribution is -2.49. The molecule has 1 fully saturated rings. The van der Waals surface area contributed by atoms with Crippen LogP contribution in [0.1, 0.15) is 30.1 Å². The van der Waals surface area contributed by atoms with E-state index in [1.165, 1.54) is 4.80 Å². The fraction of sp³-hybridized carbons (Fsp3) is 0.273. The molecule has 8 nitrogen and oxygen atoms in total. The third kappa shape index (κ3) is 3.30. The first-order valence-electron chi connectivity index (χ1n) is 10.1. The lowest BCUT2D eigenvalue weighted by molar-refractivity contribution is 0.0387. The molecule has 152 valence electrons. The zero-order valence-corrected chi connectivity index (χ0v) is 16.6. The molecule has 8 heteroatoms. The Kier molecular flexibility index (Phi) is 4.66. The van der Waals surface area contributed by atoms with Gasteiger partial charge in [-0.3, -0.25) is 4.79 Å². The van der Waals surface area contributed by atoms with Gasteiger partial charge in [-0.2, -0.15) is 20.1 Å². The Morgan fingerprint density at radius 1 is 1.00 bits per heavy atom. The summed E-state index contributed by atoms with van der Waals surface area (Å²) >= 11 is 0. The normalized spacial score (nSPS) is 19.2. The molecule has 1 aromatic carbocycles. The van der Waals surface area contributed by atoms with Gasteiger partial charge in [0.1, 0.15) is 17.4 Å². The zero-order valence-electron chi connectivity index (χ0n) is 16.6. The number of piperidine rings is 1. The van der Waals surface area contributed by atoms with Gasteiger partial charge < -0.3 is 9.64 Å². The Morgan fingerprint density at radius 3 is 2.70 bits per heavy atom. The highest BCUT2D eigenvalue weighted by Gasteiger charge is 2.32. The maximum absolute atomic E-state index is 13.5. The van der Waals surface area contributed by atoms with Gasteiger partial charge in [0.25, 0.3) is 5.91 Å². The van der Waals surface area contributed by atoms with E-state index in [1.807, 2.05) is 53.6 Å². The predicted octanol–water partition coefficient (Wildman–Crippen LogP) is 2.99. The predicted molar refractivity (Wildman–Crippen MR) is 111 cm³/mol. The Morgan fingerprint density at radius 2 is 1.83 bits per heavy atom. The van der Waals surface area contributed by atoms with Crippen LogP contribution in [0.3, 0.4) is 0 Å². The third-order valence-corrected chi connectivity index (χ3v) is 5.56. The molecule has 0 spiro atoms. The number of para-hydroxylation sites is 1. The average Bonchev–Trinajstić information content (AvgIpc) is 3.47. The Bertz CT molecular complexity index is 1170. The van der Waals surface area contributed by atoms with Crippen molar-refractivity contribution in [3.63, 3.8) is 0 Å². The van der Waals surface area contributed by atoms with Crippen molar-refractivity contribution in [3.8, 4) is 11.4 Å². The first-order valence-corrected chi connectivity index (χ1v) is 10.1. The van der Waals surface area contributed by atoms with E-state index in [2.05, 4.69) is 22.2 Å². The van der Waals surface area contributed by atoms with Crippen molar-refractivity contribution in [3.05, 3.63) is 72.8 Å². The monoisotopic (exact) mass is 402 g/mol. The second kappa shape index (κ2) is 7.62. The fourth-order valence-corrected chi connectivity index (χ4v) is 3.98. The van der Waals surface area contributed by atoms with Gasteiger partial charge in [0.15, 0.2) is 0 Å². The molecule has 5 rings (SSSR count). The summed E-state index contributed by atoms with van der Waals surface area (Å²) < 4.78 is 8.10. The van der Waals surface area contributed by atoms with Crippen molar-refractivity contribution in [2.75, 3.05) is 6.54 Å². The van der Waals surface area contributed by atoms with E-state index in [0.717, 1.165) is 24.1 Å². The second-order valence-electron chi connectivity index (χ2n) is 7.49. The summed E-state index contributed by atoms with van der Waals surface area (Å²) in [4.78, 5) is 16.9. The molecule has 1 aliphatic heterocycles. The van der Waals surface area contributed by atoms with Crippen LogP contribution in [0, 0.1) is 0 Å². The van der Waals surface area contributed by atoms with Crippen LogP contribution in [0.15, 0.2) is 67.3 Å². The highest BCUT2D eigenvalue weighted by atomic mass is 16.5. The summed E-state index contributed by atoms with van der Waals surface area (Å²) in [5.74, 6) is 0.745. The number of benzene rings is 1. The van der Waals surface area contributed by atoms with E-state index >= 15 is 0 Å². The number of fused-ring (bicyclic) bond motifs is 1. The van der Waals surface area contributed by atoms with E-state index in [0.29, 0.717) is 17.8 Å². The molecule has 1 saturated heterocycles. The van der Waals surface area contributed by atoms with Gasteiger partial charge in [0.2, 0.25) is 0 Å². The smallest absolute Gasteiger partial charge is 0.256 e. The molecule has 0 bridgehead atoms. The lowest BCUT2D eigenvalue weighted by atomic mass is 9.99. The summed E-state index contributed by atoms with van der Waals surface area (Å²) in [5, 5.41) is 12.6. The average molecular weight is 402 g/mol. The Labute approximate surface area is 173 Å². The third-order valence-electron chi connectivity index (χ3n) is 5.56. The van der Waals surface area contributed by atoms with Crippen molar-refractivity contribution in [2.45, 2.75) is 31.9 Å². The van der Waals surface area contributed by atoms with Crippen LogP contribution in [0.25, 0.3) is 11.2 Å². The van der Waals surface area contributed by atoms with Crippen molar-refractivity contribution >= 4 is 11.4 Å². The number of likely N-dealkylation sites (tertiary alicyclic amines) is 1. The van der Waals surface area contributed by atoms with E-state index in [9.17, 15) is 4.79 Å². The minimum absolute atomic E-state index is 0.0359. The highest BCUT2D eigenvalue weighted by molar-refractivity contribution is 5.98. The molecule has 0 saturated carbocycles. The number of rotatable bonds is 4. The van der Waals surface area contributed by atoms with E-state index in [1.54, 1.807) is 23.1 Å². The molecule has 2 atom stereocenters. The number of nitrogens with zero attached hydrogens (tertiary/aromatic N) is 6. The van der Waals surface area contributed by atoms with Crippen molar-refractivity contribution in [1.29, 1.82) is 0 Å². The standard InChI is InChI=1S/C22H22N6O2/c1-16-8-9-17(30-21-7-4-14-27-20(21)10-11-23-27)15-26(16)22(29)18-5-2-3-6-19(18)28-24-12-13-25-28/h2-7,10-14,16-17H,8-9,15H2,1H3/t16-,17-/m1/s1. The number of ether oxygens (including phenoxy) is 1. The molecule has 4 heterocycles. The van der Waals surface area contributed by atoms with Gasteiger partial charge in [-0.1, -0.05) is 12.1 Å². The summed E-state index contributed by atoms with van der Waals surface area (Å²) in [6.45, 7) is 2.61. The van der Waals surface area contributed by atoms with Gasteiger partial charge in [-0.25, -0.2) is 4.52 Å². The van der Waals surface area contributed by atoms with Crippen LogP contribution >= 0.6 is 0 Å². The van der Waals surface area contributed by atoms with Gasteiger partial charge in [0.05, 0.1) is 36.4 Å². The quantitative estimate of drug-likeness (QED) is 0.524. The van der Waals surface area contributed by atoms with Gasteiger partial charge in [-0.15, -0.1) is 0 Å². The molecule has 1 amide bonds. The van der Waals surface area contributed by atoms with Crippen molar-refractivity contribution in [2.24, 2.45) is 0 Å². The summed E-state index contributed by atoms with van der Waals surface area (Å²) in [6, 6.07) is 13.3. The maximum atomic E-state index is 13.5. The molecule has 4 aromatic rings. The molecule has 1 aliphatic rings. The maximum Gasteiger partial charge on any atom is 0.256 e. The first-order chi connectivity index (χ1) is 14.7. The minimum Gasteiger partial charge on any atom is -0.486 e. The Balaban J connectivity index is 1.39. The van der Waals surface area contributed by atoms with Gasteiger partial charge in [0, 0.05) is 12.2 Å². The van der Waals surface area contributed by atoms with Crippen LogP contribution in [0.2, 0.25) is 0 Å². The molecular weight excluding hydrogens is 380 g/mol. The molecule has 0 N–H and O–H groups in total. The molecule has 0 radical (unpaired) electrons. The summed E-state index contributed by atoms with van der Waals surface area (Å²) in [6.07, 6.45) is 8.53. The number of carbonyl (C=O) groups excluding carboxylic acids is 1. The Hall–Kier alpha value is -3.68. The summed E-state index contributed by atoms with van der Waals surface area (Å²) in [7, 11) is 0. The molecular formula is C22H22N6O2. The van der Waals surface area contributed by atoms with Crippen molar-refractivity contribution < 1.29 is 9.53 Å². The van der Waals surface area contributed by atoms with E-state index < -0.39 is 0 Å². The molecule has 30 heavy (non-hydrogen) atoms. The van der Waals surface area contributed by atoms with Crippen LogP contribution in [-0.2, 0) is 0 Å². The first kappa shape index (κ1) is 18.4. The SMILES string of the molecule is C[C@@H]1CC[C@@H](Oc2cccn3nccc23)CN1C(=O)c1ccccc1-n1nccn1.